The van der Waals surface area contributed by atoms with Crippen molar-refractivity contribution in [2.45, 2.75) is 50.3 Å². The van der Waals surface area contributed by atoms with E-state index in [-0.39, 0.29) is 5.38 Å². The highest BCUT2D eigenvalue weighted by Gasteiger charge is 2.19. The van der Waals surface area contributed by atoms with E-state index in [9.17, 15) is 0 Å². The fourth-order valence-electron chi connectivity index (χ4n) is 2.77. The molecule has 100 valence electrons. The molecule has 0 nitrogen and oxygen atoms in total. The van der Waals surface area contributed by atoms with Crippen molar-refractivity contribution in [2.75, 3.05) is 0 Å². The zero-order chi connectivity index (χ0) is 13.0. The summed E-state index contributed by atoms with van der Waals surface area (Å²) in [7, 11) is 0. The van der Waals surface area contributed by atoms with Gasteiger partial charge in [0.2, 0.25) is 0 Å². The van der Waals surface area contributed by atoms with Crippen LogP contribution in [0.25, 0.3) is 0 Å². The Morgan fingerprint density at radius 2 is 1.72 bits per heavy atom. The summed E-state index contributed by atoms with van der Waals surface area (Å²) in [5, 5.41) is 1.42. The lowest BCUT2D eigenvalue weighted by atomic mass is 9.92. The third-order valence-corrected chi connectivity index (χ3v) is 4.80. The second-order valence-corrected chi connectivity index (χ2v) is 6.60. The summed E-state index contributed by atoms with van der Waals surface area (Å²) in [6.45, 7) is 0. The van der Waals surface area contributed by atoms with E-state index in [1.165, 1.54) is 38.5 Å². The molecule has 0 spiro atoms. The van der Waals surface area contributed by atoms with Crippen LogP contribution in [0.5, 0.6) is 0 Å². The smallest absolute Gasteiger partial charge is 0.0603 e. The van der Waals surface area contributed by atoms with Gasteiger partial charge in [0.15, 0.2) is 0 Å². The van der Waals surface area contributed by atoms with Gasteiger partial charge >= 0.3 is 0 Å². The molecule has 1 saturated carbocycles. The number of halogens is 3. The molecule has 0 aromatic heterocycles. The van der Waals surface area contributed by atoms with Crippen LogP contribution in [0.4, 0.5) is 0 Å². The molecule has 1 aliphatic rings. The summed E-state index contributed by atoms with van der Waals surface area (Å²) in [6, 6.07) is 5.54. The first-order valence-corrected chi connectivity index (χ1v) is 7.95. The fourth-order valence-corrected chi connectivity index (χ4v) is 3.69. The first kappa shape index (κ1) is 14.5. The van der Waals surface area contributed by atoms with E-state index in [0.717, 1.165) is 22.9 Å². The maximum absolute atomic E-state index is 6.53. The largest absolute Gasteiger partial charge is 0.118 e. The molecule has 1 atom stereocenters. The third-order valence-electron chi connectivity index (χ3n) is 3.81. The van der Waals surface area contributed by atoms with Crippen molar-refractivity contribution < 1.29 is 0 Å². The van der Waals surface area contributed by atoms with E-state index in [0.29, 0.717) is 5.02 Å². The van der Waals surface area contributed by atoms with Gasteiger partial charge in [0.25, 0.3) is 0 Å². The molecule has 1 aliphatic carbocycles. The van der Waals surface area contributed by atoms with Crippen LogP contribution in [0, 0.1) is 5.92 Å². The lowest BCUT2D eigenvalue weighted by Crippen LogP contribution is -2.04. The van der Waals surface area contributed by atoms with E-state index in [1.807, 2.05) is 18.2 Å². The monoisotopic (exact) mass is 304 g/mol. The molecule has 3 heteroatoms. The highest BCUT2D eigenvalue weighted by Crippen LogP contribution is 2.38. The number of rotatable bonds is 3. The van der Waals surface area contributed by atoms with Crippen LogP contribution in [0.15, 0.2) is 18.2 Å². The number of hydrogen-bond acceptors (Lipinski definition) is 0. The van der Waals surface area contributed by atoms with Gasteiger partial charge < -0.3 is 0 Å². The Hall–Kier alpha value is 0.0900. The van der Waals surface area contributed by atoms with Crippen LogP contribution in [0.1, 0.15) is 55.9 Å². The molecule has 2 rings (SSSR count). The maximum atomic E-state index is 6.53. The van der Waals surface area contributed by atoms with Crippen LogP contribution in [-0.4, -0.2) is 0 Å². The van der Waals surface area contributed by atoms with Crippen molar-refractivity contribution in [1.29, 1.82) is 0 Å². The van der Waals surface area contributed by atoms with E-state index in [2.05, 4.69) is 0 Å². The molecule has 0 bridgehead atoms. The third kappa shape index (κ3) is 4.05. The molecule has 0 amide bonds. The van der Waals surface area contributed by atoms with Crippen molar-refractivity contribution in [1.82, 2.24) is 0 Å². The highest BCUT2D eigenvalue weighted by atomic mass is 35.5. The maximum Gasteiger partial charge on any atom is 0.0603 e. The molecule has 1 fully saturated rings. The summed E-state index contributed by atoms with van der Waals surface area (Å²) in [4.78, 5) is 0. The number of alkyl halides is 1. The summed E-state index contributed by atoms with van der Waals surface area (Å²) in [6.07, 6.45) is 9.07. The van der Waals surface area contributed by atoms with Gasteiger partial charge in [0.05, 0.1) is 5.38 Å². The van der Waals surface area contributed by atoms with Gasteiger partial charge in [-0.05, 0) is 36.1 Å². The highest BCUT2D eigenvalue weighted by molar-refractivity contribution is 6.34. The Morgan fingerprint density at radius 3 is 2.39 bits per heavy atom. The molecule has 0 radical (unpaired) electrons. The van der Waals surface area contributed by atoms with Gasteiger partial charge in [-0.25, -0.2) is 0 Å². The van der Waals surface area contributed by atoms with Crippen molar-refractivity contribution in [3.63, 3.8) is 0 Å². The van der Waals surface area contributed by atoms with Gasteiger partial charge in [-0.1, -0.05) is 61.7 Å². The quantitative estimate of drug-likeness (QED) is 0.434. The minimum Gasteiger partial charge on any atom is -0.118 e. The Balaban J connectivity index is 2.01. The SMILES string of the molecule is Clc1ccc(Cl)c(C(Cl)CC2CCCCCC2)c1. The van der Waals surface area contributed by atoms with Crippen LogP contribution in [0.3, 0.4) is 0 Å². The number of benzene rings is 1. The van der Waals surface area contributed by atoms with Gasteiger partial charge in [0.1, 0.15) is 0 Å². The molecule has 1 aromatic rings. The Kier molecular flexibility index (Phi) is 5.66. The minimum absolute atomic E-state index is 0.0145. The molecular weight excluding hydrogens is 287 g/mol. The van der Waals surface area contributed by atoms with Crippen molar-refractivity contribution >= 4 is 34.8 Å². The normalized spacial score (nSPS) is 19.5. The zero-order valence-electron chi connectivity index (χ0n) is 10.5. The minimum atomic E-state index is -0.0145. The van der Waals surface area contributed by atoms with E-state index >= 15 is 0 Å². The van der Waals surface area contributed by atoms with Crippen LogP contribution in [0.2, 0.25) is 10.0 Å². The van der Waals surface area contributed by atoms with Crippen molar-refractivity contribution in [2.24, 2.45) is 5.92 Å². The lowest BCUT2D eigenvalue weighted by molar-refractivity contribution is 0.423. The molecular formula is C15H19Cl3. The van der Waals surface area contributed by atoms with Crippen molar-refractivity contribution in [3.8, 4) is 0 Å². The number of hydrogen-bond donors (Lipinski definition) is 0. The van der Waals surface area contributed by atoms with Gasteiger partial charge in [-0.15, -0.1) is 11.6 Å². The lowest BCUT2D eigenvalue weighted by Gasteiger charge is -2.19. The summed E-state index contributed by atoms with van der Waals surface area (Å²) in [5.41, 5.74) is 0.982. The summed E-state index contributed by atoms with van der Waals surface area (Å²) >= 11 is 18.7. The second kappa shape index (κ2) is 7.03. The van der Waals surface area contributed by atoms with Gasteiger partial charge in [-0.3, -0.25) is 0 Å². The van der Waals surface area contributed by atoms with Crippen LogP contribution < -0.4 is 0 Å². The molecule has 1 unspecified atom stereocenters. The van der Waals surface area contributed by atoms with E-state index in [4.69, 9.17) is 34.8 Å². The second-order valence-electron chi connectivity index (χ2n) is 5.23. The Bertz CT molecular complexity index is 381. The van der Waals surface area contributed by atoms with Gasteiger partial charge in [-0.2, -0.15) is 0 Å². The first-order valence-electron chi connectivity index (χ1n) is 6.76. The summed E-state index contributed by atoms with van der Waals surface area (Å²) < 4.78 is 0. The standard InChI is InChI=1S/C15H19Cl3/c16-12-7-8-14(17)13(10-12)15(18)9-11-5-3-1-2-4-6-11/h7-8,10-11,15H,1-6,9H2. The Morgan fingerprint density at radius 1 is 1.06 bits per heavy atom. The average molecular weight is 306 g/mol. The molecule has 0 aliphatic heterocycles. The molecule has 18 heavy (non-hydrogen) atoms. The van der Waals surface area contributed by atoms with Gasteiger partial charge in [0, 0.05) is 10.0 Å². The molecule has 0 N–H and O–H groups in total. The molecule has 0 heterocycles. The zero-order valence-corrected chi connectivity index (χ0v) is 12.7. The Labute approximate surface area is 125 Å². The predicted octanol–water partition coefficient (Wildman–Crippen LogP) is 6.63. The summed E-state index contributed by atoms with van der Waals surface area (Å²) in [5.74, 6) is 0.741. The molecule has 0 saturated heterocycles. The predicted molar refractivity (Wildman–Crippen MR) is 80.9 cm³/mol. The van der Waals surface area contributed by atoms with E-state index < -0.39 is 0 Å². The average Bonchev–Trinajstić information content (AvgIpc) is 2.61. The topological polar surface area (TPSA) is 0 Å². The molecule has 1 aromatic carbocycles. The first-order chi connectivity index (χ1) is 8.66. The van der Waals surface area contributed by atoms with Crippen LogP contribution >= 0.6 is 34.8 Å². The van der Waals surface area contributed by atoms with Crippen LogP contribution in [-0.2, 0) is 0 Å². The van der Waals surface area contributed by atoms with E-state index in [1.54, 1.807) is 0 Å². The fraction of sp³-hybridized carbons (Fsp3) is 0.600. The van der Waals surface area contributed by atoms with Crippen molar-refractivity contribution in [3.05, 3.63) is 33.8 Å².